The molecule has 0 aromatic heterocycles. The highest BCUT2D eigenvalue weighted by atomic mass is 35.5. The number of hydrogen-bond acceptors (Lipinski definition) is 3. The lowest BCUT2D eigenvalue weighted by Crippen LogP contribution is -2.49. The predicted molar refractivity (Wildman–Crippen MR) is 80.5 cm³/mol. The molecule has 0 bridgehead atoms. The molecule has 0 unspecified atom stereocenters. The number of ether oxygens (including phenoxy) is 1. The number of amides is 2. The van der Waals surface area contributed by atoms with Crippen molar-refractivity contribution >= 4 is 23.6 Å². The third kappa shape index (κ3) is 4.36. The first kappa shape index (κ1) is 15.6. The number of likely N-dealkylation sites (tertiary alicyclic amines) is 1. The summed E-state index contributed by atoms with van der Waals surface area (Å²) in [5.74, 6) is -0.0622. The average Bonchev–Trinajstić information content (AvgIpc) is 2.47. The highest BCUT2D eigenvalue weighted by Gasteiger charge is 2.25. The van der Waals surface area contributed by atoms with Crippen molar-refractivity contribution in [2.45, 2.75) is 25.8 Å². The molecule has 21 heavy (non-hydrogen) atoms. The number of halogens is 1. The van der Waals surface area contributed by atoms with Crippen LogP contribution in [0.1, 0.15) is 30.1 Å². The Morgan fingerprint density at radius 3 is 3.00 bits per heavy atom. The van der Waals surface area contributed by atoms with Crippen LogP contribution in [0.25, 0.3) is 0 Å². The molecule has 1 N–H and O–H groups in total. The molecule has 1 fully saturated rings. The summed E-state index contributed by atoms with van der Waals surface area (Å²) in [5, 5.41) is 3.33. The average molecular weight is 311 g/mol. The summed E-state index contributed by atoms with van der Waals surface area (Å²) in [5.41, 5.74) is 0.569. The zero-order valence-corrected chi connectivity index (χ0v) is 12.7. The van der Waals surface area contributed by atoms with E-state index in [4.69, 9.17) is 16.3 Å². The minimum atomic E-state index is -0.431. The van der Waals surface area contributed by atoms with Crippen molar-refractivity contribution in [1.82, 2.24) is 10.2 Å². The van der Waals surface area contributed by atoms with Crippen molar-refractivity contribution in [3.8, 4) is 0 Å². The van der Waals surface area contributed by atoms with E-state index in [2.05, 4.69) is 5.32 Å². The van der Waals surface area contributed by atoms with Gasteiger partial charge in [0.2, 0.25) is 0 Å². The van der Waals surface area contributed by atoms with E-state index in [9.17, 15) is 9.59 Å². The standard InChI is InChI=1S/C15H19ClN2O3/c1-2-21-15(20)17-13-7-4-8-18(10-13)14(19)11-5-3-6-12(16)9-11/h3,5-6,9,13H,2,4,7-8,10H2,1H3,(H,17,20)/t13-/m0/s1. The number of carbonyl (C=O) groups excluding carboxylic acids is 2. The fourth-order valence-electron chi connectivity index (χ4n) is 2.42. The molecule has 5 nitrogen and oxygen atoms in total. The lowest BCUT2D eigenvalue weighted by molar-refractivity contribution is 0.0686. The van der Waals surface area contributed by atoms with Gasteiger partial charge in [-0.05, 0) is 38.0 Å². The Bertz CT molecular complexity index is 521. The molecule has 2 amide bonds. The van der Waals surface area contributed by atoms with Gasteiger partial charge in [0.15, 0.2) is 0 Å². The van der Waals surface area contributed by atoms with Gasteiger partial charge in [-0.25, -0.2) is 4.79 Å². The van der Waals surface area contributed by atoms with E-state index in [-0.39, 0.29) is 11.9 Å². The van der Waals surface area contributed by atoms with Crippen molar-refractivity contribution in [2.75, 3.05) is 19.7 Å². The van der Waals surface area contributed by atoms with E-state index >= 15 is 0 Å². The fraction of sp³-hybridized carbons (Fsp3) is 0.467. The molecule has 114 valence electrons. The number of piperidine rings is 1. The molecule has 0 aliphatic carbocycles. The van der Waals surface area contributed by atoms with Gasteiger partial charge in [0.05, 0.1) is 6.61 Å². The maximum atomic E-state index is 12.4. The molecule has 0 radical (unpaired) electrons. The SMILES string of the molecule is CCOC(=O)N[C@H]1CCCN(C(=O)c2cccc(Cl)c2)C1. The summed E-state index contributed by atoms with van der Waals surface area (Å²) in [6.07, 6.45) is 1.26. The minimum Gasteiger partial charge on any atom is -0.450 e. The summed E-state index contributed by atoms with van der Waals surface area (Å²) >= 11 is 5.92. The third-order valence-corrected chi connectivity index (χ3v) is 3.61. The van der Waals surface area contributed by atoms with E-state index in [0.29, 0.717) is 30.3 Å². The van der Waals surface area contributed by atoms with Gasteiger partial charge < -0.3 is 15.0 Å². The molecule has 1 heterocycles. The monoisotopic (exact) mass is 310 g/mol. The zero-order valence-electron chi connectivity index (χ0n) is 12.0. The van der Waals surface area contributed by atoms with Crippen LogP contribution >= 0.6 is 11.6 Å². The molecular weight excluding hydrogens is 292 g/mol. The lowest BCUT2D eigenvalue weighted by Gasteiger charge is -2.33. The third-order valence-electron chi connectivity index (χ3n) is 3.38. The predicted octanol–water partition coefficient (Wildman–Crippen LogP) is 2.69. The van der Waals surface area contributed by atoms with Gasteiger partial charge in [-0.3, -0.25) is 4.79 Å². The van der Waals surface area contributed by atoms with E-state index in [1.807, 2.05) is 0 Å². The van der Waals surface area contributed by atoms with Crippen LogP contribution in [0.2, 0.25) is 5.02 Å². The van der Waals surface area contributed by atoms with E-state index in [0.717, 1.165) is 12.8 Å². The number of hydrogen-bond donors (Lipinski definition) is 1. The topological polar surface area (TPSA) is 58.6 Å². The largest absolute Gasteiger partial charge is 0.450 e. The van der Waals surface area contributed by atoms with Crippen LogP contribution < -0.4 is 5.32 Å². The van der Waals surface area contributed by atoms with Gasteiger partial charge in [-0.1, -0.05) is 17.7 Å². The second-order valence-corrected chi connectivity index (χ2v) is 5.40. The molecule has 1 saturated heterocycles. The molecule has 6 heteroatoms. The van der Waals surface area contributed by atoms with Gasteiger partial charge in [0.1, 0.15) is 0 Å². The van der Waals surface area contributed by atoms with Gasteiger partial charge in [-0.2, -0.15) is 0 Å². The van der Waals surface area contributed by atoms with E-state index < -0.39 is 6.09 Å². The van der Waals surface area contributed by atoms with Gasteiger partial charge in [0, 0.05) is 29.7 Å². The number of alkyl carbamates (subject to hydrolysis) is 1. The first-order chi connectivity index (χ1) is 10.1. The van der Waals surface area contributed by atoms with Crippen LogP contribution in [-0.4, -0.2) is 42.6 Å². The normalized spacial score (nSPS) is 18.2. The zero-order chi connectivity index (χ0) is 15.2. The van der Waals surface area contributed by atoms with Crippen LogP contribution in [0.4, 0.5) is 4.79 Å². The summed E-state index contributed by atoms with van der Waals surface area (Å²) in [6, 6.07) is 6.83. The fourth-order valence-corrected chi connectivity index (χ4v) is 2.61. The molecule has 1 aromatic rings. The molecule has 1 aliphatic rings. The van der Waals surface area contributed by atoms with Crippen molar-refractivity contribution in [3.63, 3.8) is 0 Å². The Kier molecular flexibility index (Phi) is 5.44. The first-order valence-electron chi connectivity index (χ1n) is 7.08. The summed E-state index contributed by atoms with van der Waals surface area (Å²) < 4.78 is 4.87. The maximum absolute atomic E-state index is 12.4. The molecule has 1 atom stereocenters. The molecule has 2 rings (SSSR count). The van der Waals surface area contributed by atoms with Gasteiger partial charge in [-0.15, -0.1) is 0 Å². The Morgan fingerprint density at radius 2 is 2.29 bits per heavy atom. The maximum Gasteiger partial charge on any atom is 0.407 e. The molecule has 0 spiro atoms. The number of carbonyl (C=O) groups is 2. The van der Waals surface area contributed by atoms with Crippen molar-refractivity contribution in [1.29, 1.82) is 0 Å². The number of nitrogens with zero attached hydrogens (tertiary/aromatic N) is 1. The molecule has 0 saturated carbocycles. The molecule has 1 aromatic carbocycles. The second kappa shape index (κ2) is 7.31. The Labute approximate surface area is 129 Å². The summed E-state index contributed by atoms with van der Waals surface area (Å²) in [7, 11) is 0. The Balaban J connectivity index is 1.97. The lowest BCUT2D eigenvalue weighted by atomic mass is 10.0. The summed E-state index contributed by atoms with van der Waals surface area (Å²) in [4.78, 5) is 25.6. The molecular formula is C15H19ClN2O3. The minimum absolute atomic E-state index is 0.0622. The first-order valence-corrected chi connectivity index (χ1v) is 7.46. The highest BCUT2D eigenvalue weighted by Crippen LogP contribution is 2.16. The van der Waals surface area contributed by atoms with Crippen molar-refractivity contribution in [2.24, 2.45) is 0 Å². The highest BCUT2D eigenvalue weighted by molar-refractivity contribution is 6.30. The molecule has 1 aliphatic heterocycles. The second-order valence-electron chi connectivity index (χ2n) is 4.97. The van der Waals surface area contributed by atoms with Crippen LogP contribution in [0.15, 0.2) is 24.3 Å². The van der Waals surface area contributed by atoms with Crippen molar-refractivity contribution in [3.05, 3.63) is 34.9 Å². The number of rotatable bonds is 3. The smallest absolute Gasteiger partial charge is 0.407 e. The van der Waals surface area contributed by atoms with Gasteiger partial charge in [0.25, 0.3) is 5.91 Å². The summed E-state index contributed by atoms with van der Waals surface area (Å²) in [6.45, 7) is 3.27. The van der Waals surface area contributed by atoms with E-state index in [1.54, 1.807) is 36.1 Å². The number of benzene rings is 1. The Hall–Kier alpha value is -1.75. The van der Waals surface area contributed by atoms with Crippen LogP contribution in [0, 0.1) is 0 Å². The van der Waals surface area contributed by atoms with Gasteiger partial charge >= 0.3 is 6.09 Å². The van der Waals surface area contributed by atoms with Crippen molar-refractivity contribution < 1.29 is 14.3 Å². The van der Waals surface area contributed by atoms with Crippen LogP contribution in [-0.2, 0) is 4.74 Å². The quantitative estimate of drug-likeness (QED) is 0.934. The van der Waals surface area contributed by atoms with Crippen LogP contribution in [0.5, 0.6) is 0 Å². The Morgan fingerprint density at radius 1 is 1.48 bits per heavy atom. The number of nitrogens with one attached hydrogen (secondary N) is 1. The van der Waals surface area contributed by atoms with E-state index in [1.165, 1.54) is 0 Å². The van der Waals surface area contributed by atoms with Crippen LogP contribution in [0.3, 0.4) is 0 Å².